The molecule has 436 valence electrons. The summed E-state index contributed by atoms with van der Waals surface area (Å²) in [5, 5.41) is 23.2. The Morgan fingerprint density at radius 1 is 0.566 bits per heavy atom. The lowest BCUT2D eigenvalue weighted by atomic mass is 9.43. The van der Waals surface area contributed by atoms with Crippen molar-refractivity contribution < 1.29 is 78.8 Å². The van der Waals surface area contributed by atoms with Crippen molar-refractivity contribution in [1.29, 1.82) is 0 Å². The van der Waals surface area contributed by atoms with Crippen LogP contribution in [0.25, 0.3) is 0 Å². The van der Waals surface area contributed by atoms with Crippen LogP contribution in [0.3, 0.4) is 0 Å². The second kappa shape index (κ2) is 20.3. The van der Waals surface area contributed by atoms with Crippen molar-refractivity contribution in [3.05, 3.63) is 24.3 Å². The van der Waals surface area contributed by atoms with Gasteiger partial charge in [-0.15, -0.1) is 0 Å². The summed E-state index contributed by atoms with van der Waals surface area (Å²) in [6, 6.07) is 0. The summed E-state index contributed by atoms with van der Waals surface area (Å²) in [4.78, 5) is 0. The first-order chi connectivity index (χ1) is 34.9. The van der Waals surface area contributed by atoms with E-state index in [0.29, 0.717) is 49.9 Å². The maximum Gasteiger partial charge on any atom is 0.397 e. The average molecular weight is 1150 g/mol. The molecule has 0 bridgehead atoms. The Balaban J connectivity index is 0.898. The highest BCUT2D eigenvalue weighted by Crippen LogP contribution is 2.71. The molecule has 0 radical (unpaired) electrons. The van der Waals surface area contributed by atoms with Gasteiger partial charge in [-0.2, -0.15) is 33.7 Å². The predicted octanol–water partition coefficient (Wildman–Crippen LogP) is 9.04. The van der Waals surface area contributed by atoms with Gasteiger partial charge in [0.25, 0.3) is 0 Å². The lowest BCUT2D eigenvalue weighted by molar-refractivity contribution is -0.185. The molecule has 0 aromatic heterocycles. The SMILES string of the molecule is C=C1CC(C)(C)[C@@H](/C=C/C(C)[C@H]2CC[C@H]3[C@@H]4C[C@H](OS(=O)(=O)O)[C@H]5C[C@@H](O)CC[C@]5(C)[C@H]4CC[C@]23C)[C@H]1CC(O)C(C)[C@H]1CC[C@H]2[C@H]3C[C@H](OS(=O)(=O)O)[C@H]4C[C@@H](OS(=O)(=O)O)[C@H](OS(=O)(=O)O)C[C@]4(C)[C@H]3CC[C@]12C. The van der Waals surface area contributed by atoms with Gasteiger partial charge in [0.1, 0.15) is 12.2 Å². The fourth-order valence-electron chi connectivity index (χ4n) is 20.9. The number of hydrogen-bond acceptors (Lipinski definition) is 14. The third kappa shape index (κ3) is 11.1. The van der Waals surface area contributed by atoms with Crippen molar-refractivity contribution in [3.8, 4) is 0 Å². The topological polar surface area (TPSA) is 295 Å². The molecule has 9 aliphatic rings. The fraction of sp³-hybridized carbons (Fsp3) is 0.926. The van der Waals surface area contributed by atoms with E-state index in [2.05, 4.69) is 67.2 Å². The Bertz CT molecular complexity index is 2700. The Morgan fingerprint density at radius 2 is 1.01 bits per heavy atom. The Labute approximate surface area is 453 Å². The molecule has 18 nitrogen and oxygen atoms in total. The van der Waals surface area contributed by atoms with E-state index in [0.717, 1.165) is 63.4 Å². The maximum absolute atomic E-state index is 12.5. The second-order valence-corrected chi connectivity index (χ2v) is 32.1. The summed E-state index contributed by atoms with van der Waals surface area (Å²) in [5.74, 6) is 0.593. The van der Waals surface area contributed by atoms with Gasteiger partial charge in [-0.05, 0) is 219 Å². The quantitative estimate of drug-likeness (QED) is 0.0658. The molecule has 0 heterocycles. The molecule has 0 saturated heterocycles. The zero-order valence-electron chi connectivity index (χ0n) is 45.6. The highest BCUT2D eigenvalue weighted by Gasteiger charge is 2.67. The molecule has 0 amide bonds. The van der Waals surface area contributed by atoms with E-state index in [9.17, 15) is 62.1 Å². The Kier molecular flexibility index (Phi) is 15.9. The normalized spacial score (nSPS) is 47.7. The van der Waals surface area contributed by atoms with Gasteiger partial charge in [-0.1, -0.05) is 79.7 Å². The minimum Gasteiger partial charge on any atom is -0.393 e. The summed E-state index contributed by atoms with van der Waals surface area (Å²) < 4.78 is 157. The van der Waals surface area contributed by atoms with Gasteiger partial charge >= 0.3 is 41.6 Å². The van der Waals surface area contributed by atoms with Crippen molar-refractivity contribution in [2.24, 2.45) is 110 Å². The molecular weight excluding hydrogens is 1060 g/mol. The molecule has 24 atom stereocenters. The van der Waals surface area contributed by atoms with Gasteiger partial charge in [0.15, 0.2) is 0 Å². The molecule has 9 rings (SSSR count). The molecule has 0 aliphatic heterocycles. The van der Waals surface area contributed by atoms with Gasteiger partial charge < -0.3 is 10.2 Å². The minimum absolute atomic E-state index is 0.0272. The van der Waals surface area contributed by atoms with Gasteiger partial charge in [0, 0.05) is 0 Å². The number of hydrogen-bond donors (Lipinski definition) is 6. The first-order valence-corrected chi connectivity index (χ1v) is 33.7. The number of aliphatic hydroxyl groups excluding tert-OH is 2. The Morgan fingerprint density at radius 3 is 1.55 bits per heavy atom. The van der Waals surface area contributed by atoms with Crippen LogP contribution in [-0.2, 0) is 58.3 Å². The van der Waals surface area contributed by atoms with E-state index in [1.165, 1.54) is 0 Å². The van der Waals surface area contributed by atoms with Crippen LogP contribution in [0.5, 0.6) is 0 Å². The summed E-state index contributed by atoms with van der Waals surface area (Å²) in [6.07, 6.45) is 9.43. The minimum atomic E-state index is -5.15. The fourth-order valence-corrected chi connectivity index (χ4v) is 22.9. The van der Waals surface area contributed by atoms with Crippen LogP contribution in [0, 0.1) is 110 Å². The van der Waals surface area contributed by atoms with Gasteiger partial charge in [0.05, 0.1) is 24.4 Å². The van der Waals surface area contributed by atoms with Crippen molar-refractivity contribution in [2.45, 2.75) is 201 Å². The van der Waals surface area contributed by atoms with Crippen LogP contribution in [0.2, 0.25) is 0 Å². The van der Waals surface area contributed by atoms with E-state index < -0.39 is 89.6 Å². The molecule has 9 fully saturated rings. The van der Waals surface area contributed by atoms with E-state index >= 15 is 0 Å². The molecule has 76 heavy (non-hydrogen) atoms. The molecule has 9 aliphatic carbocycles. The summed E-state index contributed by atoms with van der Waals surface area (Å²) in [7, 11) is -20.0. The molecule has 22 heteroatoms. The molecule has 6 N–H and O–H groups in total. The van der Waals surface area contributed by atoms with Gasteiger partial charge in [0.2, 0.25) is 0 Å². The molecular formula is C54H88O18S4. The van der Waals surface area contributed by atoms with Gasteiger partial charge in [-0.3, -0.25) is 18.2 Å². The lowest BCUT2D eigenvalue weighted by Gasteiger charge is -2.63. The van der Waals surface area contributed by atoms with Crippen molar-refractivity contribution >= 4 is 41.6 Å². The summed E-state index contributed by atoms with van der Waals surface area (Å²) >= 11 is 0. The van der Waals surface area contributed by atoms with Crippen LogP contribution >= 0.6 is 0 Å². The van der Waals surface area contributed by atoms with Crippen molar-refractivity contribution in [3.63, 3.8) is 0 Å². The smallest absolute Gasteiger partial charge is 0.393 e. The summed E-state index contributed by atoms with van der Waals surface area (Å²) in [6.45, 7) is 22.5. The lowest BCUT2D eigenvalue weighted by Crippen LogP contribution is -2.62. The number of fused-ring (bicyclic) bond motifs is 10. The van der Waals surface area contributed by atoms with Crippen LogP contribution in [-0.4, -0.2) is 98.7 Å². The molecule has 9 saturated carbocycles. The number of aliphatic hydroxyl groups is 2. The number of allylic oxidation sites excluding steroid dienone is 3. The van der Waals surface area contributed by atoms with Crippen LogP contribution in [0.15, 0.2) is 24.3 Å². The Hall–Kier alpha value is -1.12. The first kappa shape index (κ1) is 59.5. The third-order valence-electron chi connectivity index (χ3n) is 23.9. The van der Waals surface area contributed by atoms with Crippen LogP contribution in [0.4, 0.5) is 0 Å². The monoisotopic (exact) mass is 1150 g/mol. The third-order valence-corrected chi connectivity index (χ3v) is 25.9. The molecule has 0 aromatic carbocycles. The summed E-state index contributed by atoms with van der Waals surface area (Å²) in [5.41, 5.74) is -0.379. The standard InChI is InChI=1S/C54H88O18S4/c1-29(36-12-14-39-34-24-46(69-73(57,58)59)43-22-32(55)16-19-53(43,8)41(34)17-20-51(36,39)6)10-11-38-33(30(2)27-50(38,4)5)23-45(56)31(3)37-13-15-40-35-25-47(70-74(60,61)62)44-26-48(71-75(63,64)65)49(72-76(66,67)68)28-54(44,9)42(35)18-21-52(37,40)7/h10-11,29,31-49,55-56H,2,12-28H2,1,3-9H3,(H,57,58,59)(H,60,61,62)(H,63,64,65)(H,66,67,68)/b11-10+/t29?,31?,32-,33-,34-,35+,36+,37+,38-,39-,40-,41-,42-,43+,44+,45?,46-,47-,48+,49+,51+,52+,53+,54+/m0/s1. The second-order valence-electron chi connectivity index (χ2n) is 27.9. The average Bonchev–Trinajstić information content (AvgIpc) is 3.88. The first-order valence-electron chi connectivity index (χ1n) is 28.2. The van der Waals surface area contributed by atoms with Gasteiger partial charge in [-0.25, -0.2) is 16.7 Å². The van der Waals surface area contributed by atoms with E-state index in [1.807, 2.05) is 6.92 Å². The molecule has 3 unspecified atom stereocenters. The van der Waals surface area contributed by atoms with Crippen molar-refractivity contribution in [2.75, 3.05) is 0 Å². The molecule has 0 aromatic rings. The maximum atomic E-state index is 12.5. The van der Waals surface area contributed by atoms with E-state index in [1.54, 1.807) is 0 Å². The largest absolute Gasteiger partial charge is 0.397 e. The molecule has 0 spiro atoms. The van der Waals surface area contributed by atoms with E-state index in [-0.39, 0.29) is 100 Å². The van der Waals surface area contributed by atoms with Crippen LogP contribution in [0.1, 0.15) is 165 Å². The number of rotatable bonds is 15. The highest BCUT2D eigenvalue weighted by atomic mass is 32.3. The van der Waals surface area contributed by atoms with Crippen LogP contribution < -0.4 is 0 Å². The van der Waals surface area contributed by atoms with E-state index in [4.69, 9.17) is 16.7 Å². The van der Waals surface area contributed by atoms with Crippen molar-refractivity contribution in [1.82, 2.24) is 0 Å². The predicted molar refractivity (Wildman–Crippen MR) is 281 cm³/mol. The zero-order chi connectivity index (χ0) is 55.9. The zero-order valence-corrected chi connectivity index (χ0v) is 48.9. The highest BCUT2D eigenvalue weighted by molar-refractivity contribution is 7.81.